The lowest BCUT2D eigenvalue weighted by Crippen LogP contribution is -2.38. The summed E-state index contributed by atoms with van der Waals surface area (Å²) in [6.07, 6.45) is 0.283. The molecular formula is C20H24BrNO2. The number of hydrogen-bond acceptors (Lipinski definition) is 2. The fourth-order valence-electron chi connectivity index (χ4n) is 2.46. The maximum Gasteiger partial charge on any atom is 0.261 e. The van der Waals surface area contributed by atoms with E-state index in [2.05, 4.69) is 60.2 Å². The Morgan fingerprint density at radius 3 is 2.38 bits per heavy atom. The molecule has 0 spiro atoms. The lowest BCUT2D eigenvalue weighted by atomic mass is 9.99. The number of carbonyl (C=O) groups excluding carboxylic acids is 1. The van der Waals surface area contributed by atoms with Crippen LogP contribution in [-0.4, -0.2) is 12.0 Å². The van der Waals surface area contributed by atoms with Crippen molar-refractivity contribution in [3.63, 3.8) is 0 Å². The van der Waals surface area contributed by atoms with Crippen LogP contribution in [0.5, 0.6) is 5.75 Å². The predicted molar refractivity (Wildman–Crippen MR) is 101 cm³/mol. The minimum atomic E-state index is -0.549. The monoisotopic (exact) mass is 389 g/mol. The molecule has 0 radical (unpaired) electrons. The first-order valence-corrected chi connectivity index (χ1v) is 8.99. The van der Waals surface area contributed by atoms with Gasteiger partial charge in [-0.25, -0.2) is 0 Å². The third-order valence-corrected chi connectivity index (χ3v) is 4.68. The molecule has 0 heterocycles. The van der Waals surface area contributed by atoms with Crippen LogP contribution in [0.3, 0.4) is 0 Å². The summed E-state index contributed by atoms with van der Waals surface area (Å²) in [6, 6.07) is 13.8. The van der Waals surface area contributed by atoms with Gasteiger partial charge in [0.05, 0.1) is 6.04 Å². The summed E-state index contributed by atoms with van der Waals surface area (Å²) in [5.41, 5.74) is 3.62. The number of benzene rings is 2. The van der Waals surface area contributed by atoms with Crippen molar-refractivity contribution in [2.45, 2.75) is 46.3 Å². The first-order valence-electron chi connectivity index (χ1n) is 8.20. The molecule has 2 aromatic rings. The van der Waals surface area contributed by atoms with Crippen LogP contribution >= 0.6 is 15.9 Å². The highest BCUT2D eigenvalue weighted by atomic mass is 79.9. The number of amides is 1. The maximum absolute atomic E-state index is 12.5. The first-order chi connectivity index (χ1) is 11.4. The Kier molecular flexibility index (Phi) is 6.44. The summed E-state index contributed by atoms with van der Waals surface area (Å²) in [7, 11) is 0. The van der Waals surface area contributed by atoms with E-state index in [4.69, 9.17) is 4.74 Å². The van der Waals surface area contributed by atoms with E-state index in [1.54, 1.807) is 6.92 Å². The van der Waals surface area contributed by atoms with Crippen molar-refractivity contribution in [3.05, 3.63) is 63.6 Å². The molecule has 0 aliphatic heterocycles. The summed E-state index contributed by atoms with van der Waals surface area (Å²) < 4.78 is 6.70. The van der Waals surface area contributed by atoms with Gasteiger partial charge in [0.25, 0.3) is 5.91 Å². The molecule has 0 saturated carbocycles. The number of aryl methyl sites for hydroxylation is 2. The largest absolute Gasteiger partial charge is 0.481 e. The highest BCUT2D eigenvalue weighted by Gasteiger charge is 2.19. The number of halogens is 1. The van der Waals surface area contributed by atoms with Crippen LogP contribution < -0.4 is 10.1 Å². The molecule has 0 aliphatic carbocycles. The Morgan fingerprint density at radius 1 is 1.12 bits per heavy atom. The highest BCUT2D eigenvalue weighted by Crippen LogP contribution is 2.21. The van der Waals surface area contributed by atoms with E-state index in [1.165, 1.54) is 11.1 Å². The van der Waals surface area contributed by atoms with E-state index in [1.807, 2.05) is 24.3 Å². The molecule has 128 valence electrons. The van der Waals surface area contributed by atoms with Gasteiger partial charge < -0.3 is 10.1 Å². The Bertz CT molecular complexity index is 697. The fourth-order valence-corrected chi connectivity index (χ4v) is 2.73. The van der Waals surface area contributed by atoms with Crippen molar-refractivity contribution in [3.8, 4) is 5.75 Å². The van der Waals surface area contributed by atoms with Gasteiger partial charge >= 0.3 is 0 Å². The summed E-state index contributed by atoms with van der Waals surface area (Å²) in [4.78, 5) is 12.5. The molecule has 24 heavy (non-hydrogen) atoms. The molecule has 2 aromatic carbocycles. The minimum Gasteiger partial charge on any atom is -0.481 e. The lowest BCUT2D eigenvalue weighted by Gasteiger charge is -2.21. The van der Waals surface area contributed by atoms with Gasteiger partial charge in [0.2, 0.25) is 0 Å². The van der Waals surface area contributed by atoms with Crippen LogP contribution in [0.1, 0.15) is 43.0 Å². The first kappa shape index (κ1) is 18.5. The molecule has 3 nitrogen and oxygen atoms in total. The average molecular weight is 390 g/mol. The molecule has 4 heteroatoms. The SMILES string of the molecule is CCC(NC(=O)C(C)Oc1ccc(Br)cc1)c1ccc(C)c(C)c1. The van der Waals surface area contributed by atoms with Gasteiger partial charge in [0.1, 0.15) is 5.75 Å². The predicted octanol–water partition coefficient (Wildman–Crippen LogP) is 5.10. The summed E-state index contributed by atoms with van der Waals surface area (Å²) in [5.74, 6) is 0.572. The van der Waals surface area contributed by atoms with Gasteiger partial charge in [-0.3, -0.25) is 4.79 Å². The molecule has 0 fully saturated rings. The molecule has 0 saturated heterocycles. The maximum atomic E-state index is 12.5. The quantitative estimate of drug-likeness (QED) is 0.745. The number of nitrogens with one attached hydrogen (secondary N) is 1. The van der Waals surface area contributed by atoms with Crippen LogP contribution in [0, 0.1) is 13.8 Å². The van der Waals surface area contributed by atoms with Crippen molar-refractivity contribution < 1.29 is 9.53 Å². The van der Waals surface area contributed by atoms with Gasteiger partial charge in [-0.15, -0.1) is 0 Å². The summed E-state index contributed by atoms with van der Waals surface area (Å²) in [6.45, 7) is 8.02. The molecule has 1 N–H and O–H groups in total. The van der Waals surface area contributed by atoms with Gasteiger partial charge in [-0.2, -0.15) is 0 Å². The van der Waals surface area contributed by atoms with Crippen molar-refractivity contribution >= 4 is 21.8 Å². The zero-order valence-electron chi connectivity index (χ0n) is 14.6. The van der Waals surface area contributed by atoms with Crippen LogP contribution in [0.15, 0.2) is 46.9 Å². The van der Waals surface area contributed by atoms with Gasteiger partial charge in [-0.05, 0) is 68.1 Å². The fraction of sp³-hybridized carbons (Fsp3) is 0.350. The standard InChI is InChI=1S/C20H24BrNO2/c1-5-19(16-7-6-13(2)14(3)12-16)22-20(23)15(4)24-18-10-8-17(21)9-11-18/h6-12,15,19H,5H2,1-4H3,(H,22,23). The highest BCUT2D eigenvalue weighted by molar-refractivity contribution is 9.10. The zero-order chi connectivity index (χ0) is 17.7. The smallest absolute Gasteiger partial charge is 0.261 e. The Labute approximate surface area is 152 Å². The third kappa shape index (κ3) is 4.84. The number of ether oxygens (including phenoxy) is 1. The van der Waals surface area contributed by atoms with E-state index in [0.29, 0.717) is 5.75 Å². The van der Waals surface area contributed by atoms with Crippen molar-refractivity contribution in [1.29, 1.82) is 0 Å². The van der Waals surface area contributed by atoms with Crippen LogP contribution in [0.25, 0.3) is 0 Å². The Morgan fingerprint density at radius 2 is 1.79 bits per heavy atom. The lowest BCUT2D eigenvalue weighted by molar-refractivity contribution is -0.128. The molecule has 0 aliphatic rings. The molecule has 2 rings (SSSR count). The van der Waals surface area contributed by atoms with E-state index >= 15 is 0 Å². The molecule has 2 unspecified atom stereocenters. The van der Waals surface area contributed by atoms with Gasteiger partial charge in [0.15, 0.2) is 6.10 Å². The van der Waals surface area contributed by atoms with Crippen molar-refractivity contribution in [2.24, 2.45) is 0 Å². The van der Waals surface area contributed by atoms with Crippen LogP contribution in [0.4, 0.5) is 0 Å². The van der Waals surface area contributed by atoms with E-state index in [9.17, 15) is 4.79 Å². The molecular weight excluding hydrogens is 366 g/mol. The topological polar surface area (TPSA) is 38.3 Å². The molecule has 0 aromatic heterocycles. The average Bonchev–Trinajstić information content (AvgIpc) is 2.57. The second-order valence-electron chi connectivity index (χ2n) is 6.03. The number of hydrogen-bond donors (Lipinski definition) is 1. The molecule has 0 bridgehead atoms. The normalized spacial score (nSPS) is 13.2. The minimum absolute atomic E-state index is 0.00670. The molecule has 1 amide bonds. The molecule has 2 atom stereocenters. The van der Waals surface area contributed by atoms with E-state index < -0.39 is 6.10 Å². The summed E-state index contributed by atoms with van der Waals surface area (Å²) >= 11 is 3.38. The van der Waals surface area contributed by atoms with E-state index in [-0.39, 0.29) is 11.9 Å². The van der Waals surface area contributed by atoms with Crippen LogP contribution in [-0.2, 0) is 4.79 Å². The number of rotatable bonds is 6. The van der Waals surface area contributed by atoms with Gasteiger partial charge in [0, 0.05) is 4.47 Å². The van der Waals surface area contributed by atoms with Crippen molar-refractivity contribution in [2.75, 3.05) is 0 Å². The second kappa shape index (κ2) is 8.34. The zero-order valence-corrected chi connectivity index (χ0v) is 16.2. The Hall–Kier alpha value is -1.81. The summed E-state index contributed by atoms with van der Waals surface area (Å²) in [5, 5.41) is 3.09. The Balaban J connectivity index is 2.02. The van der Waals surface area contributed by atoms with E-state index in [0.717, 1.165) is 16.5 Å². The van der Waals surface area contributed by atoms with Crippen molar-refractivity contribution in [1.82, 2.24) is 5.32 Å². The van der Waals surface area contributed by atoms with Crippen LogP contribution in [0.2, 0.25) is 0 Å². The number of carbonyl (C=O) groups is 1. The third-order valence-electron chi connectivity index (χ3n) is 4.15. The van der Waals surface area contributed by atoms with Gasteiger partial charge in [-0.1, -0.05) is 41.1 Å². The second-order valence-corrected chi connectivity index (χ2v) is 6.94.